The van der Waals surface area contributed by atoms with Crippen molar-refractivity contribution in [1.82, 2.24) is 14.4 Å². The molecule has 0 aromatic carbocycles. The van der Waals surface area contributed by atoms with E-state index in [0.29, 0.717) is 4.96 Å². The maximum absolute atomic E-state index is 10.7. The fourth-order valence-electron chi connectivity index (χ4n) is 1.35. The topological polar surface area (TPSA) is 67.5 Å². The van der Waals surface area contributed by atoms with Crippen LogP contribution in [0.1, 0.15) is 9.67 Å². The predicted octanol–water partition coefficient (Wildman–Crippen LogP) is 2.22. The zero-order valence-corrected chi connectivity index (χ0v) is 9.46. The van der Waals surface area contributed by atoms with E-state index in [9.17, 15) is 4.79 Å². The van der Waals surface area contributed by atoms with Gasteiger partial charge < -0.3 is 5.11 Å². The number of aromatic nitrogens is 3. The molecule has 0 fully saturated rings. The molecule has 0 atom stereocenters. The molecule has 0 spiro atoms. The van der Waals surface area contributed by atoms with E-state index in [2.05, 4.69) is 9.97 Å². The molecule has 3 heterocycles. The minimum absolute atomic E-state index is 0.285. The Balaban J connectivity index is 2.12. The summed E-state index contributed by atoms with van der Waals surface area (Å²) in [6.45, 7) is 0. The molecule has 0 saturated carbocycles. The minimum Gasteiger partial charge on any atom is -0.477 e. The Morgan fingerprint density at radius 3 is 2.94 bits per heavy atom. The Morgan fingerprint density at radius 1 is 1.44 bits per heavy atom. The van der Waals surface area contributed by atoms with Crippen LogP contribution in [0.2, 0.25) is 0 Å². The lowest BCUT2D eigenvalue weighted by molar-refractivity contribution is 0.0702. The molecule has 80 valence electrons. The van der Waals surface area contributed by atoms with Crippen LogP contribution in [0, 0.1) is 0 Å². The Bertz CT molecular complexity index is 622. The Hall–Kier alpha value is -1.73. The summed E-state index contributed by atoms with van der Waals surface area (Å²) in [6.07, 6.45) is 5.07. The molecular formula is C9H5N3O2S2. The number of imidazole rings is 1. The zero-order valence-electron chi connectivity index (χ0n) is 7.82. The summed E-state index contributed by atoms with van der Waals surface area (Å²) < 4.78 is 1.71. The number of hydrogen-bond acceptors (Lipinski definition) is 5. The number of aromatic carboxylic acids is 1. The van der Waals surface area contributed by atoms with Gasteiger partial charge in [0.25, 0.3) is 0 Å². The largest absolute Gasteiger partial charge is 0.477 e. The third-order valence-electron chi connectivity index (χ3n) is 2.02. The molecule has 0 saturated heterocycles. The molecule has 7 heteroatoms. The number of carboxylic acids is 1. The van der Waals surface area contributed by atoms with E-state index in [4.69, 9.17) is 5.11 Å². The van der Waals surface area contributed by atoms with E-state index in [0.717, 1.165) is 22.0 Å². The second-order valence-electron chi connectivity index (χ2n) is 3.05. The van der Waals surface area contributed by atoms with Gasteiger partial charge in [0.2, 0.25) is 0 Å². The lowest BCUT2D eigenvalue weighted by Crippen LogP contribution is -1.90. The summed E-state index contributed by atoms with van der Waals surface area (Å²) in [5.74, 6) is -0.925. The zero-order chi connectivity index (χ0) is 11.1. The normalized spacial score (nSPS) is 11.0. The maximum atomic E-state index is 10.7. The number of carboxylic acid groups (broad SMARTS) is 1. The fraction of sp³-hybridized carbons (Fsp3) is 0. The van der Waals surface area contributed by atoms with Gasteiger partial charge in [0.15, 0.2) is 4.96 Å². The first kappa shape index (κ1) is 9.49. The van der Waals surface area contributed by atoms with Crippen molar-refractivity contribution < 1.29 is 9.90 Å². The third kappa shape index (κ3) is 1.41. The molecule has 3 rings (SSSR count). The van der Waals surface area contributed by atoms with E-state index in [1.807, 2.05) is 5.38 Å². The third-order valence-corrected chi connectivity index (χ3v) is 3.80. The fourth-order valence-corrected chi connectivity index (χ4v) is 2.74. The van der Waals surface area contributed by atoms with Crippen molar-refractivity contribution in [2.24, 2.45) is 0 Å². The SMILES string of the molecule is O=C(O)c1cn2cc(-c3nccs3)nc2s1. The van der Waals surface area contributed by atoms with Gasteiger partial charge in [0, 0.05) is 24.0 Å². The summed E-state index contributed by atoms with van der Waals surface area (Å²) >= 11 is 2.66. The molecule has 0 aliphatic heterocycles. The highest BCUT2D eigenvalue weighted by molar-refractivity contribution is 7.18. The molecule has 0 radical (unpaired) electrons. The molecular weight excluding hydrogens is 246 g/mol. The van der Waals surface area contributed by atoms with Crippen molar-refractivity contribution >= 4 is 33.6 Å². The van der Waals surface area contributed by atoms with E-state index < -0.39 is 5.97 Å². The van der Waals surface area contributed by atoms with Crippen molar-refractivity contribution in [3.05, 3.63) is 28.8 Å². The molecule has 0 aliphatic carbocycles. The first-order chi connectivity index (χ1) is 7.74. The van der Waals surface area contributed by atoms with Gasteiger partial charge in [-0.2, -0.15) is 0 Å². The summed E-state index contributed by atoms with van der Waals surface area (Å²) in [5, 5.41) is 11.5. The van der Waals surface area contributed by atoms with Crippen LogP contribution < -0.4 is 0 Å². The van der Waals surface area contributed by atoms with Crippen LogP contribution in [0.5, 0.6) is 0 Å². The second-order valence-corrected chi connectivity index (χ2v) is 4.96. The standard InChI is InChI=1S/C9H5N3O2S2/c13-8(14)6-4-12-3-5(11-9(12)16-6)7-10-1-2-15-7/h1-4H,(H,13,14). The molecule has 0 amide bonds. The van der Waals surface area contributed by atoms with Crippen LogP contribution in [0.25, 0.3) is 15.7 Å². The highest BCUT2D eigenvalue weighted by atomic mass is 32.1. The lowest BCUT2D eigenvalue weighted by atomic mass is 10.5. The number of nitrogens with zero attached hydrogens (tertiary/aromatic N) is 3. The molecule has 3 aromatic heterocycles. The molecule has 0 bridgehead atoms. The van der Waals surface area contributed by atoms with Gasteiger partial charge in [0.05, 0.1) is 0 Å². The van der Waals surface area contributed by atoms with Crippen LogP contribution in [0.4, 0.5) is 0 Å². The first-order valence-corrected chi connectivity index (χ1v) is 6.05. The quantitative estimate of drug-likeness (QED) is 0.758. The smallest absolute Gasteiger partial charge is 0.347 e. The number of rotatable bonds is 2. The van der Waals surface area contributed by atoms with Gasteiger partial charge in [-0.05, 0) is 0 Å². The molecule has 0 aliphatic rings. The number of carbonyl (C=O) groups is 1. The van der Waals surface area contributed by atoms with Gasteiger partial charge in [-0.1, -0.05) is 11.3 Å². The monoisotopic (exact) mass is 251 g/mol. The van der Waals surface area contributed by atoms with Crippen molar-refractivity contribution in [2.75, 3.05) is 0 Å². The number of hydrogen-bond donors (Lipinski definition) is 1. The Morgan fingerprint density at radius 2 is 2.31 bits per heavy atom. The Kier molecular flexibility index (Phi) is 2.01. The van der Waals surface area contributed by atoms with E-state index in [1.54, 1.807) is 23.0 Å². The number of fused-ring (bicyclic) bond motifs is 1. The highest BCUT2D eigenvalue weighted by Gasteiger charge is 2.12. The van der Waals surface area contributed by atoms with Gasteiger partial charge >= 0.3 is 5.97 Å². The van der Waals surface area contributed by atoms with Crippen molar-refractivity contribution in [1.29, 1.82) is 0 Å². The molecule has 16 heavy (non-hydrogen) atoms. The van der Waals surface area contributed by atoms with Crippen LogP contribution in [0.3, 0.4) is 0 Å². The van der Waals surface area contributed by atoms with Gasteiger partial charge in [0.1, 0.15) is 15.6 Å². The molecule has 3 aromatic rings. The lowest BCUT2D eigenvalue weighted by Gasteiger charge is -1.85. The molecule has 0 unspecified atom stereocenters. The van der Waals surface area contributed by atoms with E-state index in [1.165, 1.54) is 11.3 Å². The second kappa shape index (κ2) is 3.39. The van der Waals surface area contributed by atoms with Crippen LogP contribution >= 0.6 is 22.7 Å². The van der Waals surface area contributed by atoms with Gasteiger partial charge in [-0.15, -0.1) is 11.3 Å². The van der Waals surface area contributed by atoms with E-state index >= 15 is 0 Å². The molecule has 5 nitrogen and oxygen atoms in total. The van der Waals surface area contributed by atoms with Crippen LogP contribution in [0.15, 0.2) is 24.0 Å². The van der Waals surface area contributed by atoms with Gasteiger partial charge in [-0.25, -0.2) is 14.8 Å². The average molecular weight is 251 g/mol. The minimum atomic E-state index is -0.925. The van der Waals surface area contributed by atoms with Crippen molar-refractivity contribution in [3.63, 3.8) is 0 Å². The van der Waals surface area contributed by atoms with Gasteiger partial charge in [-0.3, -0.25) is 4.40 Å². The summed E-state index contributed by atoms with van der Waals surface area (Å²) in [6, 6.07) is 0. The number of thiazole rings is 2. The highest BCUT2D eigenvalue weighted by Crippen LogP contribution is 2.24. The maximum Gasteiger partial charge on any atom is 0.347 e. The van der Waals surface area contributed by atoms with Crippen LogP contribution in [-0.4, -0.2) is 25.4 Å². The van der Waals surface area contributed by atoms with Crippen molar-refractivity contribution in [2.45, 2.75) is 0 Å². The predicted molar refractivity (Wildman–Crippen MR) is 61.1 cm³/mol. The van der Waals surface area contributed by atoms with E-state index in [-0.39, 0.29) is 4.88 Å². The first-order valence-electron chi connectivity index (χ1n) is 4.36. The molecule has 1 N–H and O–H groups in total. The Labute approximate surface area is 97.6 Å². The summed E-state index contributed by atoms with van der Waals surface area (Å²) in [4.78, 5) is 20.2. The summed E-state index contributed by atoms with van der Waals surface area (Å²) in [5.41, 5.74) is 0.776. The average Bonchev–Trinajstić information content (AvgIpc) is 2.91. The van der Waals surface area contributed by atoms with Crippen LogP contribution in [-0.2, 0) is 0 Å². The van der Waals surface area contributed by atoms with Crippen molar-refractivity contribution in [3.8, 4) is 10.7 Å². The summed E-state index contributed by atoms with van der Waals surface area (Å²) in [7, 11) is 0.